The summed E-state index contributed by atoms with van der Waals surface area (Å²) in [6, 6.07) is 6.63. The fourth-order valence-electron chi connectivity index (χ4n) is 2.64. The van der Waals surface area contributed by atoms with Gasteiger partial charge in [-0.15, -0.1) is 0 Å². The summed E-state index contributed by atoms with van der Waals surface area (Å²) in [5, 5.41) is 13.4. The van der Waals surface area contributed by atoms with E-state index in [0.717, 1.165) is 24.1 Å². The first-order valence-corrected chi connectivity index (χ1v) is 6.52. The summed E-state index contributed by atoms with van der Waals surface area (Å²) in [4.78, 5) is 11.7. The SMILES string of the molecule is O=C(Cc1ccc(O)cc1)N/N=C1/C[C@H]2C=CC[C@@H]12. The van der Waals surface area contributed by atoms with Crippen LogP contribution >= 0.6 is 0 Å². The van der Waals surface area contributed by atoms with Gasteiger partial charge in [-0.1, -0.05) is 24.3 Å². The molecule has 2 atom stereocenters. The van der Waals surface area contributed by atoms with Crippen molar-refractivity contribution in [1.29, 1.82) is 0 Å². The lowest BCUT2D eigenvalue weighted by Gasteiger charge is -2.31. The minimum Gasteiger partial charge on any atom is -0.508 e. The molecule has 0 spiro atoms. The lowest BCUT2D eigenvalue weighted by atomic mass is 9.74. The number of carbonyl (C=O) groups is 1. The van der Waals surface area contributed by atoms with Crippen molar-refractivity contribution in [2.24, 2.45) is 16.9 Å². The van der Waals surface area contributed by atoms with Crippen molar-refractivity contribution in [1.82, 2.24) is 5.43 Å². The highest BCUT2D eigenvalue weighted by Gasteiger charge is 2.37. The number of carbonyl (C=O) groups excluding carboxylic acids is 1. The second-order valence-electron chi connectivity index (χ2n) is 5.12. The third-order valence-corrected chi connectivity index (χ3v) is 3.79. The molecule has 2 aliphatic rings. The van der Waals surface area contributed by atoms with Crippen LogP contribution in [0.3, 0.4) is 0 Å². The molecule has 1 saturated carbocycles. The number of allylic oxidation sites excluding steroid dienone is 2. The Morgan fingerprint density at radius 2 is 2.16 bits per heavy atom. The smallest absolute Gasteiger partial charge is 0.244 e. The summed E-state index contributed by atoms with van der Waals surface area (Å²) in [6.45, 7) is 0. The van der Waals surface area contributed by atoms with E-state index in [1.807, 2.05) is 0 Å². The van der Waals surface area contributed by atoms with Crippen molar-refractivity contribution in [2.45, 2.75) is 19.3 Å². The monoisotopic (exact) mass is 256 g/mol. The van der Waals surface area contributed by atoms with Crippen molar-refractivity contribution >= 4 is 11.6 Å². The number of hydrogen-bond donors (Lipinski definition) is 2. The van der Waals surface area contributed by atoms with Gasteiger partial charge in [0.15, 0.2) is 0 Å². The Labute approximate surface area is 111 Å². The summed E-state index contributed by atoms with van der Waals surface area (Å²) in [7, 11) is 0. The van der Waals surface area contributed by atoms with Crippen LogP contribution in [0.15, 0.2) is 41.5 Å². The van der Waals surface area contributed by atoms with Crippen LogP contribution in [0.2, 0.25) is 0 Å². The molecule has 1 aromatic carbocycles. The number of aromatic hydroxyl groups is 1. The van der Waals surface area contributed by atoms with Gasteiger partial charge in [-0.05, 0) is 36.5 Å². The fourth-order valence-corrected chi connectivity index (χ4v) is 2.64. The topological polar surface area (TPSA) is 61.7 Å². The molecule has 0 bridgehead atoms. The van der Waals surface area contributed by atoms with E-state index in [-0.39, 0.29) is 18.1 Å². The van der Waals surface area contributed by atoms with Crippen molar-refractivity contribution in [3.05, 3.63) is 42.0 Å². The molecule has 98 valence electrons. The molecular formula is C15H16N2O2. The molecule has 19 heavy (non-hydrogen) atoms. The van der Waals surface area contributed by atoms with Gasteiger partial charge in [0.25, 0.3) is 0 Å². The molecule has 0 saturated heterocycles. The van der Waals surface area contributed by atoms with Crippen LogP contribution in [0.5, 0.6) is 5.75 Å². The van der Waals surface area contributed by atoms with E-state index < -0.39 is 0 Å². The minimum atomic E-state index is -0.118. The third-order valence-electron chi connectivity index (χ3n) is 3.79. The lowest BCUT2D eigenvalue weighted by Crippen LogP contribution is -2.35. The van der Waals surface area contributed by atoms with E-state index in [9.17, 15) is 4.79 Å². The molecule has 4 heteroatoms. The van der Waals surface area contributed by atoms with Gasteiger partial charge in [0.2, 0.25) is 5.91 Å². The Hall–Kier alpha value is -2.10. The number of hydrogen-bond acceptors (Lipinski definition) is 3. The maximum absolute atomic E-state index is 11.7. The zero-order valence-electron chi connectivity index (χ0n) is 10.5. The van der Waals surface area contributed by atoms with Crippen molar-refractivity contribution < 1.29 is 9.90 Å². The highest BCUT2D eigenvalue weighted by atomic mass is 16.3. The number of phenols is 1. The van der Waals surface area contributed by atoms with Gasteiger partial charge in [-0.3, -0.25) is 4.79 Å². The highest BCUT2D eigenvalue weighted by molar-refractivity contribution is 5.95. The number of amides is 1. The molecule has 0 aromatic heterocycles. The quantitative estimate of drug-likeness (QED) is 0.642. The van der Waals surface area contributed by atoms with Crippen LogP contribution in [0.25, 0.3) is 0 Å². The zero-order chi connectivity index (χ0) is 13.2. The average Bonchev–Trinajstić information content (AvgIpc) is 2.74. The van der Waals surface area contributed by atoms with Gasteiger partial charge in [-0.2, -0.15) is 5.10 Å². The zero-order valence-corrected chi connectivity index (χ0v) is 10.5. The molecule has 0 unspecified atom stereocenters. The second kappa shape index (κ2) is 4.88. The van der Waals surface area contributed by atoms with Crippen LogP contribution < -0.4 is 5.43 Å². The summed E-state index contributed by atoms with van der Waals surface area (Å²) < 4.78 is 0. The molecule has 2 aliphatic carbocycles. The van der Waals surface area contributed by atoms with E-state index in [4.69, 9.17) is 5.11 Å². The summed E-state index contributed by atoms with van der Waals surface area (Å²) >= 11 is 0. The number of nitrogens with zero attached hydrogens (tertiary/aromatic N) is 1. The summed E-state index contributed by atoms with van der Waals surface area (Å²) in [6.07, 6.45) is 6.74. The van der Waals surface area contributed by atoms with E-state index in [1.165, 1.54) is 0 Å². The van der Waals surface area contributed by atoms with E-state index in [0.29, 0.717) is 11.8 Å². The van der Waals surface area contributed by atoms with Gasteiger partial charge in [-0.25, -0.2) is 5.43 Å². The van der Waals surface area contributed by atoms with Crippen molar-refractivity contribution in [3.8, 4) is 5.75 Å². The Bertz CT molecular complexity index is 546. The third kappa shape index (κ3) is 2.52. The Balaban J connectivity index is 1.52. The first-order chi connectivity index (χ1) is 9.22. The van der Waals surface area contributed by atoms with Crippen LogP contribution in [0, 0.1) is 11.8 Å². The standard InChI is InChI=1S/C15H16N2O2/c18-12-6-4-10(5-7-12)8-15(19)17-16-14-9-11-2-1-3-13(11)14/h1-2,4-7,11,13,18H,3,8-9H2,(H,17,19)/b16-14-/t11-,13-/m1/s1. The number of phenolic OH excluding ortho intramolecular Hbond substituents is 1. The first-order valence-electron chi connectivity index (χ1n) is 6.52. The molecule has 0 heterocycles. The largest absolute Gasteiger partial charge is 0.508 e. The second-order valence-corrected chi connectivity index (χ2v) is 5.12. The van der Waals surface area contributed by atoms with E-state index >= 15 is 0 Å². The predicted octanol–water partition coefficient (Wildman–Crippen LogP) is 2.00. The van der Waals surface area contributed by atoms with Gasteiger partial charge < -0.3 is 5.11 Å². The Morgan fingerprint density at radius 1 is 1.37 bits per heavy atom. The number of hydrazone groups is 1. The molecule has 0 aliphatic heterocycles. The van der Waals surface area contributed by atoms with Gasteiger partial charge in [0.05, 0.1) is 6.42 Å². The Morgan fingerprint density at radius 3 is 2.89 bits per heavy atom. The molecule has 0 radical (unpaired) electrons. The summed E-state index contributed by atoms with van der Waals surface area (Å²) in [5.41, 5.74) is 4.59. The van der Waals surface area contributed by atoms with Gasteiger partial charge in [0, 0.05) is 11.6 Å². The molecule has 4 nitrogen and oxygen atoms in total. The summed E-state index contributed by atoms with van der Waals surface area (Å²) in [5.74, 6) is 1.26. The number of nitrogens with one attached hydrogen (secondary N) is 1. The molecule has 1 aromatic rings. The minimum absolute atomic E-state index is 0.118. The molecular weight excluding hydrogens is 240 g/mol. The highest BCUT2D eigenvalue weighted by Crippen LogP contribution is 2.39. The van der Waals surface area contributed by atoms with E-state index in [1.54, 1.807) is 24.3 Å². The van der Waals surface area contributed by atoms with E-state index in [2.05, 4.69) is 22.7 Å². The molecule has 3 rings (SSSR count). The van der Waals surface area contributed by atoms with Crippen LogP contribution in [-0.4, -0.2) is 16.7 Å². The Kier molecular flexibility index (Phi) is 3.07. The molecule has 1 fully saturated rings. The molecule has 1 amide bonds. The van der Waals surface area contributed by atoms with Gasteiger partial charge in [0.1, 0.15) is 5.75 Å². The number of rotatable bonds is 3. The maximum Gasteiger partial charge on any atom is 0.244 e. The normalized spacial score (nSPS) is 26.0. The fraction of sp³-hybridized carbons (Fsp3) is 0.333. The molecule has 2 N–H and O–H groups in total. The number of benzene rings is 1. The predicted molar refractivity (Wildman–Crippen MR) is 72.7 cm³/mol. The lowest BCUT2D eigenvalue weighted by molar-refractivity contribution is -0.120. The average molecular weight is 256 g/mol. The first kappa shape index (κ1) is 12.0. The van der Waals surface area contributed by atoms with Crippen LogP contribution in [0.4, 0.5) is 0 Å². The van der Waals surface area contributed by atoms with Crippen LogP contribution in [-0.2, 0) is 11.2 Å². The van der Waals surface area contributed by atoms with Gasteiger partial charge >= 0.3 is 0 Å². The number of fused-ring (bicyclic) bond motifs is 1. The van der Waals surface area contributed by atoms with Crippen LogP contribution in [0.1, 0.15) is 18.4 Å². The van der Waals surface area contributed by atoms with Crippen molar-refractivity contribution in [3.63, 3.8) is 0 Å². The van der Waals surface area contributed by atoms with Crippen molar-refractivity contribution in [2.75, 3.05) is 0 Å². The maximum atomic E-state index is 11.7.